The van der Waals surface area contributed by atoms with E-state index in [9.17, 15) is 26.8 Å². The Morgan fingerprint density at radius 1 is 1.18 bits per heavy atom. The lowest BCUT2D eigenvalue weighted by Crippen LogP contribution is -2.49. The Morgan fingerprint density at radius 2 is 1.82 bits per heavy atom. The van der Waals surface area contributed by atoms with E-state index in [1.165, 1.54) is 12.1 Å². The maximum Gasteiger partial charge on any atom is 0.323 e. The molecule has 0 bridgehead atoms. The van der Waals surface area contributed by atoms with Gasteiger partial charge in [-0.25, -0.2) is 17.2 Å². The molecule has 2 aromatic rings. The van der Waals surface area contributed by atoms with Crippen molar-refractivity contribution in [1.82, 2.24) is 0 Å². The van der Waals surface area contributed by atoms with Gasteiger partial charge in [0.15, 0.2) is 21.9 Å². The van der Waals surface area contributed by atoms with E-state index in [4.69, 9.17) is 32.1 Å². The summed E-state index contributed by atoms with van der Waals surface area (Å²) in [6, 6.07) is 9.26. The van der Waals surface area contributed by atoms with Gasteiger partial charge in [-0.15, -0.1) is 0 Å². The summed E-state index contributed by atoms with van der Waals surface area (Å²) in [6.45, 7) is -1.01. The number of carbonyl (C=O) groups is 2. The normalized spacial score (nSPS) is 22.1. The smallest absolute Gasteiger partial charge is 0.323 e. The van der Waals surface area contributed by atoms with Crippen LogP contribution in [0.25, 0.3) is 0 Å². The molecular weight excluding hydrogens is 494 g/mol. The van der Waals surface area contributed by atoms with Gasteiger partial charge in [0.25, 0.3) is 0 Å². The Balaban J connectivity index is 1.99. The van der Waals surface area contributed by atoms with Crippen LogP contribution in [0.4, 0.5) is 8.78 Å². The monoisotopic (exact) mass is 512 g/mol. The minimum Gasteiger partial charge on any atom is -0.493 e. The van der Waals surface area contributed by atoms with E-state index in [2.05, 4.69) is 0 Å². The van der Waals surface area contributed by atoms with Crippen LogP contribution in [0, 0.1) is 34.3 Å². The second-order valence-corrected chi connectivity index (χ2v) is 10.3. The highest BCUT2D eigenvalue weighted by Gasteiger charge is 2.61. The van der Waals surface area contributed by atoms with Crippen molar-refractivity contribution in [2.24, 2.45) is 17.1 Å². The molecule has 2 N–H and O–H groups in total. The van der Waals surface area contributed by atoms with Crippen molar-refractivity contribution in [2.45, 2.75) is 23.0 Å². The van der Waals surface area contributed by atoms with Gasteiger partial charge in [0, 0.05) is 5.92 Å². The Labute approximate surface area is 199 Å². The molecule has 8 nitrogen and oxygen atoms in total. The summed E-state index contributed by atoms with van der Waals surface area (Å²) in [5.74, 6) is -4.42. The first-order valence-electron chi connectivity index (χ1n) is 9.93. The first-order chi connectivity index (χ1) is 16.0. The molecule has 3 rings (SSSR count). The predicted molar refractivity (Wildman–Crippen MR) is 115 cm³/mol. The number of ether oxygens (including phenoxy) is 2. The number of carbonyl (C=O) groups excluding carboxylic acids is 2. The molecule has 1 fully saturated rings. The molecule has 0 heterocycles. The fourth-order valence-corrected chi connectivity index (χ4v) is 6.47. The molecule has 0 saturated heterocycles. The van der Waals surface area contributed by atoms with Gasteiger partial charge < -0.3 is 15.2 Å². The molecule has 0 aromatic heterocycles. The van der Waals surface area contributed by atoms with Crippen LogP contribution in [-0.4, -0.2) is 38.8 Å². The summed E-state index contributed by atoms with van der Waals surface area (Å²) in [4.78, 5) is 25.1. The third-order valence-electron chi connectivity index (χ3n) is 5.77. The van der Waals surface area contributed by atoms with E-state index in [1.807, 2.05) is 0 Å². The highest BCUT2D eigenvalue weighted by atomic mass is 35.5. The number of sulfone groups is 1. The molecule has 2 aromatic carbocycles. The molecule has 180 valence electrons. The second-order valence-electron chi connectivity index (χ2n) is 7.71. The highest BCUT2D eigenvalue weighted by Crippen LogP contribution is 2.49. The van der Waals surface area contributed by atoms with Crippen molar-refractivity contribution in [3.63, 3.8) is 0 Å². The number of nitrogens with two attached hydrogens (primary N) is 1. The van der Waals surface area contributed by atoms with Gasteiger partial charge in [-0.3, -0.25) is 9.59 Å². The number of rotatable bonds is 8. The van der Waals surface area contributed by atoms with Crippen molar-refractivity contribution in [1.29, 1.82) is 5.26 Å². The molecule has 0 unspecified atom stereocenters. The maximum absolute atomic E-state index is 13.4. The summed E-state index contributed by atoms with van der Waals surface area (Å²) in [5.41, 5.74) is 3.46. The van der Waals surface area contributed by atoms with Crippen molar-refractivity contribution in [2.75, 3.05) is 13.2 Å². The largest absolute Gasteiger partial charge is 0.493 e. The fraction of sp³-hybridized carbons (Fsp3) is 0.318. The number of halogens is 3. The summed E-state index contributed by atoms with van der Waals surface area (Å²) in [7, 11) is -4.25. The average molecular weight is 513 g/mol. The summed E-state index contributed by atoms with van der Waals surface area (Å²) in [6.07, 6.45) is -0.804. The first-order valence-corrected chi connectivity index (χ1v) is 11.9. The topological polar surface area (TPSA) is 137 Å². The molecule has 1 amide bonds. The van der Waals surface area contributed by atoms with E-state index in [1.54, 1.807) is 6.07 Å². The number of hydrogen-bond donors (Lipinski definition) is 1. The molecule has 0 aliphatic heterocycles. The van der Waals surface area contributed by atoms with E-state index in [0.29, 0.717) is 0 Å². The zero-order valence-corrected chi connectivity index (χ0v) is 19.1. The second kappa shape index (κ2) is 9.95. The van der Waals surface area contributed by atoms with Crippen molar-refractivity contribution in [3.8, 4) is 11.8 Å². The van der Waals surface area contributed by atoms with E-state index < -0.39 is 63.0 Å². The van der Waals surface area contributed by atoms with Crippen molar-refractivity contribution >= 4 is 33.3 Å². The van der Waals surface area contributed by atoms with E-state index in [0.717, 1.165) is 30.3 Å². The van der Waals surface area contributed by atoms with Crippen LogP contribution in [-0.2, 0) is 24.2 Å². The lowest BCUT2D eigenvalue weighted by molar-refractivity contribution is -0.162. The third-order valence-corrected chi connectivity index (χ3v) is 8.40. The van der Waals surface area contributed by atoms with Crippen LogP contribution in [0.15, 0.2) is 47.4 Å². The van der Waals surface area contributed by atoms with Gasteiger partial charge >= 0.3 is 5.97 Å². The Bertz CT molecular complexity index is 1250. The molecule has 1 aliphatic rings. The quantitative estimate of drug-likeness (QED) is 0.326. The molecule has 1 saturated carbocycles. The fourth-order valence-electron chi connectivity index (χ4n) is 4.07. The third kappa shape index (κ3) is 4.83. The summed E-state index contributed by atoms with van der Waals surface area (Å²) >= 11 is 5.95. The molecule has 34 heavy (non-hydrogen) atoms. The van der Waals surface area contributed by atoms with E-state index >= 15 is 0 Å². The zero-order valence-electron chi connectivity index (χ0n) is 17.5. The van der Waals surface area contributed by atoms with Crippen LogP contribution in [0.3, 0.4) is 0 Å². The summed E-state index contributed by atoms with van der Waals surface area (Å²) in [5, 5.41) is 7.09. The van der Waals surface area contributed by atoms with Crippen LogP contribution in [0.2, 0.25) is 5.02 Å². The van der Waals surface area contributed by atoms with Crippen molar-refractivity contribution in [3.05, 3.63) is 59.1 Å². The molecule has 0 spiro atoms. The molecule has 1 aliphatic carbocycles. The number of hydrogen-bond acceptors (Lipinski definition) is 7. The SMILES string of the molecule is N#CCOC(=O)[C@]1(C(N)=O)C[C@@H](S(=O)(=O)c2ccc(F)cc2Cl)C[C@H]1COc1ccc(F)cc1. The van der Waals surface area contributed by atoms with Crippen LogP contribution in [0.1, 0.15) is 12.8 Å². The van der Waals surface area contributed by atoms with Gasteiger partial charge in [-0.2, -0.15) is 5.26 Å². The number of nitrogens with zero attached hydrogens (tertiary/aromatic N) is 1. The number of primary amides is 1. The van der Waals surface area contributed by atoms with Gasteiger partial charge in [0.05, 0.1) is 21.8 Å². The number of amides is 1. The van der Waals surface area contributed by atoms with Gasteiger partial charge in [-0.1, -0.05) is 11.6 Å². The Morgan fingerprint density at radius 3 is 2.41 bits per heavy atom. The number of nitriles is 1. The lowest BCUT2D eigenvalue weighted by atomic mass is 9.77. The first kappa shape index (κ1) is 25.4. The maximum atomic E-state index is 13.4. The lowest BCUT2D eigenvalue weighted by Gasteiger charge is -2.29. The van der Waals surface area contributed by atoms with E-state index in [-0.39, 0.29) is 28.7 Å². The van der Waals surface area contributed by atoms with Crippen LogP contribution >= 0.6 is 11.6 Å². The average Bonchev–Trinajstić information content (AvgIpc) is 3.18. The Kier molecular flexibility index (Phi) is 7.43. The highest BCUT2D eigenvalue weighted by molar-refractivity contribution is 7.92. The summed E-state index contributed by atoms with van der Waals surface area (Å²) < 4.78 is 63.7. The van der Waals surface area contributed by atoms with Gasteiger partial charge in [0.2, 0.25) is 5.91 Å². The standard InChI is InChI=1S/C22H19ClF2N2O6S/c23-18-10-15(25)3-6-19(18)34(30,31)17-9-13(12-33-16-4-1-14(24)2-5-16)22(11-17,20(27)28)21(29)32-8-7-26/h1-6,10,13,17H,8-9,11-12H2,(H2,27,28)/t13-,17-,22+/m0/s1. The molecular formula is C22H19ClF2N2O6S. The molecule has 0 radical (unpaired) electrons. The van der Waals surface area contributed by atoms with Gasteiger partial charge in [-0.05, 0) is 55.3 Å². The number of esters is 1. The molecule has 12 heteroatoms. The zero-order chi connectivity index (χ0) is 25.1. The number of benzene rings is 2. The van der Waals surface area contributed by atoms with Crippen LogP contribution < -0.4 is 10.5 Å². The van der Waals surface area contributed by atoms with Gasteiger partial charge in [0.1, 0.15) is 23.5 Å². The minimum atomic E-state index is -4.25. The molecule has 3 atom stereocenters. The van der Waals surface area contributed by atoms with Crippen LogP contribution in [0.5, 0.6) is 5.75 Å². The Hall–Kier alpha value is -3.23. The minimum absolute atomic E-state index is 0.207. The van der Waals surface area contributed by atoms with Crippen molar-refractivity contribution < 1.29 is 36.3 Å². The predicted octanol–water partition coefficient (Wildman–Crippen LogP) is 2.79.